The Bertz CT molecular complexity index is 557. The molecule has 0 bridgehead atoms. The molecule has 0 atom stereocenters. The fourth-order valence-corrected chi connectivity index (χ4v) is 2.82. The molecule has 0 radical (unpaired) electrons. The minimum Gasteiger partial charge on any atom is -0.0557 e. The van der Waals surface area contributed by atoms with Crippen LogP contribution in [0.1, 0.15) is 33.4 Å². The lowest BCUT2D eigenvalue weighted by atomic mass is 9.90. The minimum absolute atomic E-state index is 1.34. The van der Waals surface area contributed by atoms with E-state index in [0.29, 0.717) is 0 Å². The van der Waals surface area contributed by atoms with Crippen molar-refractivity contribution in [3.05, 3.63) is 57.6 Å². The lowest BCUT2D eigenvalue weighted by molar-refractivity contribution is 1.25. The third-order valence-corrected chi connectivity index (χ3v) is 3.89. The summed E-state index contributed by atoms with van der Waals surface area (Å²) >= 11 is 0. The molecule has 0 N–H and O–H groups in total. The number of hydrogen-bond donors (Lipinski definition) is 0. The maximum atomic E-state index is 2.31. The molecule has 0 nitrogen and oxygen atoms in total. The average molecular weight is 238 g/mol. The lowest BCUT2D eigenvalue weighted by Gasteiger charge is -2.15. The van der Waals surface area contributed by atoms with Crippen LogP contribution in [-0.2, 0) is 0 Å². The Morgan fingerprint density at radius 2 is 1.00 bits per heavy atom. The van der Waals surface area contributed by atoms with E-state index in [1.807, 2.05) is 0 Å². The van der Waals surface area contributed by atoms with Crippen LogP contribution < -0.4 is 0 Å². The van der Waals surface area contributed by atoms with Crippen molar-refractivity contribution < 1.29 is 0 Å². The van der Waals surface area contributed by atoms with Gasteiger partial charge < -0.3 is 0 Å². The van der Waals surface area contributed by atoms with Crippen molar-refractivity contribution in [1.29, 1.82) is 0 Å². The van der Waals surface area contributed by atoms with E-state index in [9.17, 15) is 0 Å². The van der Waals surface area contributed by atoms with Crippen LogP contribution in [0.4, 0.5) is 0 Å². The molecule has 0 fully saturated rings. The molecule has 94 valence electrons. The van der Waals surface area contributed by atoms with E-state index in [0.717, 1.165) is 0 Å². The smallest absolute Gasteiger partial charge is 0.0125 e. The van der Waals surface area contributed by atoms with Gasteiger partial charge >= 0.3 is 0 Å². The summed E-state index contributed by atoms with van der Waals surface area (Å²) in [6.07, 6.45) is 0. The van der Waals surface area contributed by atoms with Gasteiger partial charge in [0.05, 0.1) is 0 Å². The molecule has 0 aliphatic heterocycles. The highest BCUT2D eigenvalue weighted by Gasteiger charge is 2.09. The molecule has 0 unspecified atom stereocenters. The first-order valence-electron chi connectivity index (χ1n) is 6.56. The SMILES string of the molecule is Cc1cc(C)c(-c2cc(C)c(C)c(C)c2)c(C)c1. The summed E-state index contributed by atoms with van der Waals surface area (Å²) in [5.41, 5.74) is 11.0. The van der Waals surface area contributed by atoms with E-state index in [1.165, 1.54) is 44.5 Å². The highest BCUT2D eigenvalue weighted by atomic mass is 14.1. The fraction of sp³-hybridized carbons (Fsp3) is 0.333. The number of hydrogen-bond acceptors (Lipinski definition) is 0. The summed E-state index contributed by atoms with van der Waals surface area (Å²) in [7, 11) is 0. The predicted octanol–water partition coefficient (Wildman–Crippen LogP) is 5.20. The van der Waals surface area contributed by atoms with Gasteiger partial charge in [-0.3, -0.25) is 0 Å². The summed E-state index contributed by atoms with van der Waals surface area (Å²) in [6, 6.07) is 9.17. The van der Waals surface area contributed by atoms with Gasteiger partial charge in [0.2, 0.25) is 0 Å². The van der Waals surface area contributed by atoms with Crippen LogP contribution in [-0.4, -0.2) is 0 Å². The van der Waals surface area contributed by atoms with Crippen LogP contribution in [0, 0.1) is 41.5 Å². The Morgan fingerprint density at radius 3 is 1.44 bits per heavy atom. The molecule has 0 aromatic heterocycles. The van der Waals surface area contributed by atoms with E-state index in [1.54, 1.807) is 0 Å². The van der Waals surface area contributed by atoms with Crippen molar-refractivity contribution in [2.75, 3.05) is 0 Å². The van der Waals surface area contributed by atoms with Gasteiger partial charge in [-0.05, 0) is 80.5 Å². The zero-order valence-electron chi connectivity index (χ0n) is 12.3. The van der Waals surface area contributed by atoms with Gasteiger partial charge in [-0.15, -0.1) is 0 Å². The summed E-state index contributed by atoms with van der Waals surface area (Å²) in [6.45, 7) is 13.2. The van der Waals surface area contributed by atoms with E-state index < -0.39 is 0 Å². The average Bonchev–Trinajstić information content (AvgIpc) is 2.24. The second kappa shape index (κ2) is 4.61. The van der Waals surface area contributed by atoms with E-state index in [-0.39, 0.29) is 0 Å². The second-order valence-electron chi connectivity index (χ2n) is 5.51. The van der Waals surface area contributed by atoms with Crippen LogP contribution in [0.3, 0.4) is 0 Å². The molecule has 18 heavy (non-hydrogen) atoms. The van der Waals surface area contributed by atoms with E-state index >= 15 is 0 Å². The van der Waals surface area contributed by atoms with E-state index in [2.05, 4.69) is 65.8 Å². The molecule has 2 rings (SSSR count). The molecule has 0 spiro atoms. The molecule has 2 aromatic rings. The highest BCUT2D eigenvalue weighted by molar-refractivity contribution is 5.73. The Kier molecular flexibility index (Phi) is 3.30. The molecule has 0 saturated carbocycles. The minimum atomic E-state index is 1.34. The maximum absolute atomic E-state index is 2.31. The monoisotopic (exact) mass is 238 g/mol. The normalized spacial score (nSPS) is 10.8. The van der Waals surface area contributed by atoms with Crippen molar-refractivity contribution in [3.8, 4) is 11.1 Å². The molecule has 0 saturated heterocycles. The molecule has 0 heteroatoms. The Hall–Kier alpha value is -1.56. The van der Waals surface area contributed by atoms with Gasteiger partial charge in [-0.1, -0.05) is 29.8 Å². The summed E-state index contributed by atoms with van der Waals surface area (Å²) in [4.78, 5) is 0. The van der Waals surface area contributed by atoms with Crippen molar-refractivity contribution in [2.24, 2.45) is 0 Å². The van der Waals surface area contributed by atoms with Gasteiger partial charge in [0.1, 0.15) is 0 Å². The van der Waals surface area contributed by atoms with Crippen LogP contribution in [0.5, 0.6) is 0 Å². The molecule has 0 aliphatic rings. The van der Waals surface area contributed by atoms with E-state index in [4.69, 9.17) is 0 Å². The topological polar surface area (TPSA) is 0 Å². The summed E-state index contributed by atoms with van der Waals surface area (Å²) < 4.78 is 0. The third-order valence-electron chi connectivity index (χ3n) is 3.89. The zero-order chi connectivity index (χ0) is 13.4. The van der Waals surface area contributed by atoms with Gasteiger partial charge in [-0.2, -0.15) is 0 Å². The first-order valence-corrected chi connectivity index (χ1v) is 6.56. The molecule has 2 aromatic carbocycles. The van der Waals surface area contributed by atoms with Gasteiger partial charge in [0.25, 0.3) is 0 Å². The first-order chi connectivity index (χ1) is 8.40. The Morgan fingerprint density at radius 1 is 0.556 bits per heavy atom. The van der Waals surface area contributed by atoms with Gasteiger partial charge in [-0.25, -0.2) is 0 Å². The predicted molar refractivity (Wildman–Crippen MR) is 80.3 cm³/mol. The number of aryl methyl sites for hydroxylation is 5. The van der Waals surface area contributed by atoms with Crippen LogP contribution in [0.2, 0.25) is 0 Å². The first kappa shape index (κ1) is 12.9. The second-order valence-corrected chi connectivity index (χ2v) is 5.51. The molecule has 0 heterocycles. The largest absolute Gasteiger partial charge is 0.0557 e. The summed E-state index contributed by atoms with van der Waals surface area (Å²) in [5.74, 6) is 0. The van der Waals surface area contributed by atoms with Crippen LogP contribution in [0.15, 0.2) is 24.3 Å². The molecular formula is C18H22. The zero-order valence-corrected chi connectivity index (χ0v) is 12.3. The molecule has 0 amide bonds. The molecular weight excluding hydrogens is 216 g/mol. The van der Waals surface area contributed by atoms with Crippen LogP contribution in [0.25, 0.3) is 11.1 Å². The third kappa shape index (κ3) is 2.20. The Labute approximate surface area is 111 Å². The molecule has 0 aliphatic carbocycles. The van der Waals surface area contributed by atoms with Crippen molar-refractivity contribution in [3.63, 3.8) is 0 Å². The van der Waals surface area contributed by atoms with Gasteiger partial charge in [0.15, 0.2) is 0 Å². The maximum Gasteiger partial charge on any atom is -0.0125 e. The highest BCUT2D eigenvalue weighted by Crippen LogP contribution is 2.31. The van der Waals surface area contributed by atoms with Gasteiger partial charge in [0, 0.05) is 0 Å². The van der Waals surface area contributed by atoms with Crippen LogP contribution >= 0.6 is 0 Å². The number of rotatable bonds is 1. The van der Waals surface area contributed by atoms with Crippen molar-refractivity contribution in [2.45, 2.75) is 41.5 Å². The standard InChI is InChI=1S/C18H22/c1-11-7-14(4)18(15(5)8-11)17-9-12(2)16(6)13(3)10-17/h7-10H,1-6H3. The Balaban J connectivity index is 2.70. The number of benzene rings is 2. The summed E-state index contributed by atoms with van der Waals surface area (Å²) in [5, 5.41) is 0. The fourth-order valence-electron chi connectivity index (χ4n) is 2.82. The van der Waals surface area contributed by atoms with Crippen molar-refractivity contribution >= 4 is 0 Å². The quantitative estimate of drug-likeness (QED) is 0.640. The van der Waals surface area contributed by atoms with Crippen molar-refractivity contribution in [1.82, 2.24) is 0 Å². The lowest BCUT2D eigenvalue weighted by Crippen LogP contribution is -1.93.